The molecule has 0 saturated carbocycles. The SMILES string of the molecule is O=C(CCCCCCC1NC=C(c2ccccc2F)N1)c1ccon1. The van der Waals surface area contributed by atoms with Crippen LogP contribution in [0.25, 0.3) is 5.70 Å². The lowest BCUT2D eigenvalue weighted by atomic mass is 10.1. The molecule has 0 fully saturated rings. The summed E-state index contributed by atoms with van der Waals surface area (Å²) in [5.74, 6) is -0.188. The van der Waals surface area contributed by atoms with E-state index in [2.05, 4.69) is 20.3 Å². The number of nitrogens with one attached hydrogen (secondary N) is 2. The third kappa shape index (κ3) is 4.68. The van der Waals surface area contributed by atoms with Crippen LogP contribution >= 0.6 is 0 Å². The molecule has 25 heavy (non-hydrogen) atoms. The van der Waals surface area contributed by atoms with Crippen LogP contribution in [-0.2, 0) is 0 Å². The third-order valence-electron chi connectivity index (χ3n) is 4.29. The van der Waals surface area contributed by atoms with Gasteiger partial charge in [0.1, 0.15) is 17.8 Å². The van der Waals surface area contributed by atoms with E-state index >= 15 is 0 Å². The van der Waals surface area contributed by atoms with E-state index in [1.54, 1.807) is 18.2 Å². The minimum Gasteiger partial charge on any atom is -0.370 e. The van der Waals surface area contributed by atoms with E-state index < -0.39 is 0 Å². The maximum atomic E-state index is 13.8. The summed E-state index contributed by atoms with van der Waals surface area (Å²) in [5, 5.41) is 10.2. The van der Waals surface area contributed by atoms with Gasteiger partial charge in [-0.15, -0.1) is 0 Å². The first-order valence-electron chi connectivity index (χ1n) is 8.65. The number of aromatic nitrogens is 1. The molecule has 5 nitrogen and oxygen atoms in total. The van der Waals surface area contributed by atoms with E-state index in [0.717, 1.165) is 37.8 Å². The van der Waals surface area contributed by atoms with Crippen LogP contribution in [0.15, 0.2) is 47.3 Å². The Hall–Kier alpha value is -2.63. The first kappa shape index (κ1) is 17.2. The smallest absolute Gasteiger partial charge is 0.184 e. The molecule has 0 bridgehead atoms. The van der Waals surface area contributed by atoms with Crippen LogP contribution in [0.2, 0.25) is 0 Å². The highest BCUT2D eigenvalue weighted by atomic mass is 19.1. The number of hydrogen-bond acceptors (Lipinski definition) is 5. The lowest BCUT2D eigenvalue weighted by Crippen LogP contribution is -2.31. The molecule has 0 spiro atoms. The fourth-order valence-electron chi connectivity index (χ4n) is 2.92. The number of unbranched alkanes of at least 4 members (excludes halogenated alkanes) is 3. The summed E-state index contributed by atoms with van der Waals surface area (Å²) in [6.07, 6.45) is 8.79. The van der Waals surface area contributed by atoms with Crippen LogP contribution in [0, 0.1) is 5.82 Å². The summed E-state index contributed by atoms with van der Waals surface area (Å²) in [6.45, 7) is 0. The maximum absolute atomic E-state index is 13.8. The molecular weight excluding hydrogens is 321 g/mol. The van der Waals surface area contributed by atoms with Gasteiger partial charge in [-0.2, -0.15) is 0 Å². The van der Waals surface area contributed by atoms with Crippen molar-refractivity contribution in [1.29, 1.82) is 0 Å². The fourth-order valence-corrected chi connectivity index (χ4v) is 2.92. The van der Waals surface area contributed by atoms with Crippen molar-refractivity contribution in [3.8, 4) is 0 Å². The molecule has 3 rings (SSSR count). The van der Waals surface area contributed by atoms with E-state index in [-0.39, 0.29) is 17.8 Å². The van der Waals surface area contributed by atoms with Crippen LogP contribution < -0.4 is 10.6 Å². The van der Waals surface area contributed by atoms with Gasteiger partial charge in [-0.25, -0.2) is 4.39 Å². The Labute approximate surface area is 146 Å². The summed E-state index contributed by atoms with van der Waals surface area (Å²) in [6, 6.07) is 8.34. The molecule has 2 aromatic rings. The second-order valence-electron chi connectivity index (χ2n) is 6.16. The van der Waals surface area contributed by atoms with Crippen molar-refractivity contribution >= 4 is 11.5 Å². The molecule has 1 aliphatic rings. The van der Waals surface area contributed by atoms with Crippen molar-refractivity contribution in [3.05, 3.63) is 59.9 Å². The summed E-state index contributed by atoms with van der Waals surface area (Å²) in [5.41, 5.74) is 1.79. The monoisotopic (exact) mass is 343 g/mol. The van der Waals surface area contributed by atoms with Crippen LogP contribution in [0.4, 0.5) is 4.39 Å². The molecule has 0 radical (unpaired) electrons. The lowest BCUT2D eigenvalue weighted by Gasteiger charge is -2.14. The summed E-state index contributed by atoms with van der Waals surface area (Å²) in [7, 11) is 0. The Kier molecular flexibility index (Phi) is 5.82. The molecule has 0 saturated heterocycles. The zero-order valence-electron chi connectivity index (χ0n) is 14.0. The standard InChI is InChI=1S/C19H22FN3O2/c20-15-8-6-5-7-14(15)17-13-21-19(22-17)10-4-2-1-3-9-18(24)16-11-12-25-23-16/h5-8,11-13,19,21-22H,1-4,9-10H2. The van der Waals surface area contributed by atoms with Crippen LogP contribution in [0.3, 0.4) is 0 Å². The highest BCUT2D eigenvalue weighted by Crippen LogP contribution is 2.20. The van der Waals surface area contributed by atoms with E-state index in [4.69, 9.17) is 0 Å². The third-order valence-corrected chi connectivity index (χ3v) is 4.29. The molecule has 1 atom stereocenters. The molecule has 1 unspecified atom stereocenters. The van der Waals surface area contributed by atoms with Gasteiger partial charge in [0.15, 0.2) is 5.78 Å². The topological polar surface area (TPSA) is 67.2 Å². The summed E-state index contributed by atoms with van der Waals surface area (Å²) >= 11 is 0. The molecule has 1 aromatic carbocycles. The van der Waals surface area contributed by atoms with Gasteiger partial charge in [0, 0.05) is 24.3 Å². The summed E-state index contributed by atoms with van der Waals surface area (Å²) in [4.78, 5) is 11.8. The van der Waals surface area contributed by atoms with Crippen molar-refractivity contribution in [1.82, 2.24) is 15.8 Å². The van der Waals surface area contributed by atoms with E-state index in [1.807, 2.05) is 12.3 Å². The van der Waals surface area contributed by atoms with E-state index in [0.29, 0.717) is 17.7 Å². The first-order valence-corrected chi connectivity index (χ1v) is 8.65. The van der Waals surface area contributed by atoms with Crippen molar-refractivity contribution in [2.75, 3.05) is 0 Å². The number of hydrogen-bond donors (Lipinski definition) is 2. The number of Topliss-reactive ketones (excluding diaryl/α,β-unsaturated/α-hetero) is 1. The van der Waals surface area contributed by atoms with Gasteiger partial charge in [-0.1, -0.05) is 30.1 Å². The predicted octanol–water partition coefficient (Wildman–Crippen LogP) is 3.85. The van der Waals surface area contributed by atoms with Gasteiger partial charge in [0.05, 0.1) is 11.9 Å². The largest absolute Gasteiger partial charge is 0.370 e. The average molecular weight is 343 g/mol. The number of carbonyl (C=O) groups is 1. The zero-order chi connectivity index (χ0) is 17.5. The minimum atomic E-state index is -0.222. The molecule has 0 amide bonds. The number of ketones is 1. The Bertz CT molecular complexity index is 728. The molecular formula is C19H22FN3O2. The van der Waals surface area contributed by atoms with Gasteiger partial charge in [-0.3, -0.25) is 4.79 Å². The zero-order valence-corrected chi connectivity index (χ0v) is 14.0. The molecule has 6 heteroatoms. The molecule has 2 heterocycles. The Balaban J connectivity index is 1.29. The van der Waals surface area contributed by atoms with Gasteiger partial charge < -0.3 is 15.2 Å². The summed E-state index contributed by atoms with van der Waals surface area (Å²) < 4.78 is 18.5. The number of benzene rings is 1. The highest BCUT2D eigenvalue weighted by Gasteiger charge is 2.17. The van der Waals surface area contributed by atoms with Crippen molar-refractivity contribution < 1.29 is 13.7 Å². The Morgan fingerprint density at radius 2 is 2.00 bits per heavy atom. The van der Waals surface area contributed by atoms with E-state index in [1.165, 1.54) is 12.3 Å². The number of rotatable bonds is 9. The molecule has 0 aliphatic carbocycles. The van der Waals surface area contributed by atoms with Gasteiger partial charge in [0.25, 0.3) is 0 Å². The van der Waals surface area contributed by atoms with Gasteiger partial charge >= 0.3 is 0 Å². The average Bonchev–Trinajstić information content (AvgIpc) is 3.30. The number of carbonyl (C=O) groups excluding carboxylic acids is 1. The second-order valence-corrected chi connectivity index (χ2v) is 6.16. The predicted molar refractivity (Wildman–Crippen MR) is 93.0 cm³/mol. The molecule has 1 aliphatic heterocycles. The van der Waals surface area contributed by atoms with Crippen molar-refractivity contribution in [3.63, 3.8) is 0 Å². The second kappa shape index (κ2) is 8.46. The van der Waals surface area contributed by atoms with E-state index in [9.17, 15) is 9.18 Å². The fraction of sp³-hybridized carbons (Fsp3) is 0.368. The minimum absolute atomic E-state index is 0.0339. The first-order chi connectivity index (χ1) is 12.2. The van der Waals surface area contributed by atoms with Crippen LogP contribution in [-0.4, -0.2) is 17.1 Å². The Morgan fingerprint density at radius 3 is 2.80 bits per heavy atom. The van der Waals surface area contributed by atoms with Crippen molar-refractivity contribution in [2.24, 2.45) is 0 Å². The maximum Gasteiger partial charge on any atom is 0.184 e. The molecule has 1 aromatic heterocycles. The van der Waals surface area contributed by atoms with Gasteiger partial charge in [0.2, 0.25) is 0 Å². The van der Waals surface area contributed by atoms with Gasteiger partial charge in [-0.05, 0) is 31.4 Å². The Morgan fingerprint density at radius 1 is 1.16 bits per heavy atom. The number of nitrogens with zero attached hydrogens (tertiary/aromatic N) is 1. The van der Waals surface area contributed by atoms with Crippen molar-refractivity contribution in [2.45, 2.75) is 44.7 Å². The lowest BCUT2D eigenvalue weighted by molar-refractivity contribution is 0.0970. The van der Waals surface area contributed by atoms with Crippen LogP contribution in [0.1, 0.15) is 54.6 Å². The highest BCUT2D eigenvalue weighted by molar-refractivity contribution is 5.93. The molecule has 132 valence electrons. The van der Waals surface area contributed by atoms with Crippen LogP contribution in [0.5, 0.6) is 0 Å². The quantitative estimate of drug-likeness (QED) is 0.535. The molecule has 2 N–H and O–H groups in total. The normalized spacial score (nSPS) is 16.2. The number of halogens is 1.